The maximum atomic E-state index is 13.9. The Morgan fingerprint density at radius 2 is 1.40 bits per heavy atom. The van der Waals surface area contributed by atoms with E-state index in [0.29, 0.717) is 48.7 Å². The van der Waals surface area contributed by atoms with Crippen LogP contribution < -0.4 is 14.8 Å². The lowest BCUT2D eigenvalue weighted by Gasteiger charge is -2.17. The molecule has 0 atom stereocenters. The number of para-hydroxylation sites is 1. The second kappa shape index (κ2) is 12.2. The second-order valence-corrected chi connectivity index (χ2v) is 6.58. The highest BCUT2D eigenvalue weighted by Gasteiger charge is 2.12. The van der Waals surface area contributed by atoms with E-state index in [1.165, 1.54) is 12.1 Å². The van der Waals surface area contributed by atoms with Gasteiger partial charge in [0.05, 0.1) is 6.61 Å². The zero-order valence-electron chi connectivity index (χ0n) is 16.9. The molecular formula is C24H26ClF2NO2. The normalized spacial score (nSPS) is 10.4. The van der Waals surface area contributed by atoms with Gasteiger partial charge in [0, 0.05) is 17.7 Å². The van der Waals surface area contributed by atoms with Crippen molar-refractivity contribution in [2.24, 2.45) is 0 Å². The lowest BCUT2D eigenvalue weighted by Crippen LogP contribution is -2.18. The van der Waals surface area contributed by atoms with Crippen molar-refractivity contribution in [2.45, 2.75) is 26.5 Å². The Hall–Kier alpha value is -2.63. The van der Waals surface area contributed by atoms with Crippen molar-refractivity contribution in [3.05, 3.63) is 95.1 Å². The SMILES string of the molecule is CCOc1cccc(CNCCc2ccccc2F)c1OCc1ccccc1F.Cl. The summed E-state index contributed by atoms with van der Waals surface area (Å²) in [4.78, 5) is 0. The number of halogens is 3. The molecule has 0 bridgehead atoms. The Kier molecular flexibility index (Phi) is 9.58. The van der Waals surface area contributed by atoms with Gasteiger partial charge < -0.3 is 14.8 Å². The number of benzene rings is 3. The molecule has 0 saturated heterocycles. The van der Waals surface area contributed by atoms with Crippen LogP contribution in [0.4, 0.5) is 8.78 Å². The van der Waals surface area contributed by atoms with Gasteiger partial charge in [0.25, 0.3) is 0 Å². The molecule has 160 valence electrons. The summed E-state index contributed by atoms with van der Waals surface area (Å²) < 4.78 is 39.3. The van der Waals surface area contributed by atoms with E-state index < -0.39 is 0 Å². The fraction of sp³-hybridized carbons (Fsp3) is 0.250. The first-order chi connectivity index (χ1) is 14.2. The molecule has 1 N–H and O–H groups in total. The fourth-order valence-corrected chi connectivity index (χ4v) is 3.05. The van der Waals surface area contributed by atoms with E-state index in [9.17, 15) is 8.78 Å². The van der Waals surface area contributed by atoms with Crippen molar-refractivity contribution < 1.29 is 18.3 Å². The Labute approximate surface area is 182 Å². The molecule has 0 fully saturated rings. The highest BCUT2D eigenvalue weighted by molar-refractivity contribution is 5.85. The summed E-state index contributed by atoms with van der Waals surface area (Å²) in [5.41, 5.74) is 2.07. The van der Waals surface area contributed by atoms with Gasteiger partial charge in [-0.3, -0.25) is 0 Å². The van der Waals surface area contributed by atoms with Gasteiger partial charge in [0.2, 0.25) is 0 Å². The lowest BCUT2D eigenvalue weighted by atomic mass is 10.1. The largest absolute Gasteiger partial charge is 0.490 e. The summed E-state index contributed by atoms with van der Waals surface area (Å²) in [6.07, 6.45) is 0.587. The quantitative estimate of drug-likeness (QED) is 0.416. The third kappa shape index (κ3) is 6.44. The third-order valence-electron chi connectivity index (χ3n) is 4.53. The smallest absolute Gasteiger partial charge is 0.166 e. The predicted molar refractivity (Wildman–Crippen MR) is 117 cm³/mol. The maximum absolute atomic E-state index is 13.9. The molecule has 3 aromatic carbocycles. The minimum Gasteiger partial charge on any atom is -0.490 e. The highest BCUT2D eigenvalue weighted by atomic mass is 35.5. The third-order valence-corrected chi connectivity index (χ3v) is 4.53. The van der Waals surface area contributed by atoms with Gasteiger partial charge in [-0.25, -0.2) is 8.78 Å². The number of hydrogen-bond donors (Lipinski definition) is 1. The molecule has 30 heavy (non-hydrogen) atoms. The van der Waals surface area contributed by atoms with Crippen molar-refractivity contribution in [2.75, 3.05) is 13.2 Å². The fourth-order valence-electron chi connectivity index (χ4n) is 3.05. The van der Waals surface area contributed by atoms with Crippen LogP contribution in [0.2, 0.25) is 0 Å². The zero-order chi connectivity index (χ0) is 20.5. The summed E-state index contributed by atoms with van der Waals surface area (Å²) in [5, 5.41) is 3.32. The molecule has 3 rings (SSSR count). The average Bonchev–Trinajstić information content (AvgIpc) is 2.73. The summed E-state index contributed by atoms with van der Waals surface area (Å²) in [7, 11) is 0. The van der Waals surface area contributed by atoms with Crippen LogP contribution >= 0.6 is 12.4 Å². The molecule has 0 unspecified atom stereocenters. The lowest BCUT2D eigenvalue weighted by molar-refractivity contribution is 0.262. The van der Waals surface area contributed by atoms with Gasteiger partial charge in [-0.1, -0.05) is 48.5 Å². The van der Waals surface area contributed by atoms with Gasteiger partial charge in [-0.2, -0.15) is 0 Å². The van der Waals surface area contributed by atoms with Crippen LogP contribution in [0.5, 0.6) is 11.5 Å². The predicted octanol–water partition coefficient (Wildman–Crippen LogP) is 5.70. The molecule has 3 nitrogen and oxygen atoms in total. The molecule has 0 aliphatic rings. The van der Waals surface area contributed by atoms with Gasteiger partial charge in [-0.05, 0) is 43.7 Å². The van der Waals surface area contributed by atoms with Crippen molar-refractivity contribution in [3.63, 3.8) is 0 Å². The average molecular weight is 434 g/mol. The van der Waals surface area contributed by atoms with Gasteiger partial charge in [-0.15, -0.1) is 12.4 Å². The minimum atomic E-state index is -0.300. The first-order valence-electron chi connectivity index (χ1n) is 9.74. The van der Waals surface area contributed by atoms with E-state index >= 15 is 0 Å². The van der Waals surface area contributed by atoms with Crippen LogP contribution in [0.1, 0.15) is 23.6 Å². The molecule has 0 spiro atoms. The number of rotatable bonds is 10. The number of nitrogens with one attached hydrogen (secondary N) is 1. The molecule has 3 aromatic rings. The number of ether oxygens (including phenoxy) is 2. The molecule has 0 saturated carbocycles. The maximum Gasteiger partial charge on any atom is 0.166 e. The first-order valence-corrected chi connectivity index (χ1v) is 9.74. The molecule has 0 heterocycles. The van der Waals surface area contributed by atoms with Crippen molar-refractivity contribution >= 4 is 12.4 Å². The Balaban J connectivity index is 0.00000320. The molecule has 0 aliphatic carbocycles. The van der Waals surface area contributed by atoms with Gasteiger partial charge >= 0.3 is 0 Å². The number of hydrogen-bond acceptors (Lipinski definition) is 3. The molecule has 0 aromatic heterocycles. The Morgan fingerprint density at radius 1 is 0.767 bits per heavy atom. The van der Waals surface area contributed by atoms with Crippen LogP contribution in [-0.4, -0.2) is 13.2 Å². The van der Waals surface area contributed by atoms with Crippen LogP contribution in [0.3, 0.4) is 0 Å². The van der Waals surface area contributed by atoms with E-state index in [4.69, 9.17) is 9.47 Å². The summed E-state index contributed by atoms with van der Waals surface area (Å²) in [6, 6.07) is 19.0. The van der Waals surface area contributed by atoms with Crippen molar-refractivity contribution in [1.82, 2.24) is 5.32 Å². The van der Waals surface area contributed by atoms with Gasteiger partial charge in [0.15, 0.2) is 11.5 Å². The van der Waals surface area contributed by atoms with E-state index in [0.717, 1.165) is 5.56 Å². The minimum absolute atomic E-state index is 0. The van der Waals surface area contributed by atoms with E-state index in [1.54, 1.807) is 30.3 Å². The molecular weight excluding hydrogens is 408 g/mol. The molecule has 0 amide bonds. The summed E-state index contributed by atoms with van der Waals surface area (Å²) >= 11 is 0. The van der Waals surface area contributed by atoms with Crippen molar-refractivity contribution in [1.29, 1.82) is 0 Å². The zero-order valence-corrected chi connectivity index (χ0v) is 17.7. The van der Waals surface area contributed by atoms with Crippen molar-refractivity contribution in [3.8, 4) is 11.5 Å². The first kappa shape index (κ1) is 23.6. The molecule has 6 heteroatoms. The monoisotopic (exact) mass is 433 g/mol. The van der Waals surface area contributed by atoms with E-state index in [-0.39, 0.29) is 30.6 Å². The molecule has 0 aliphatic heterocycles. The van der Waals surface area contributed by atoms with E-state index in [2.05, 4.69) is 5.32 Å². The second-order valence-electron chi connectivity index (χ2n) is 6.58. The van der Waals surface area contributed by atoms with Crippen LogP contribution in [0.25, 0.3) is 0 Å². The Morgan fingerprint density at radius 3 is 2.07 bits per heavy atom. The summed E-state index contributed by atoms with van der Waals surface area (Å²) in [5.74, 6) is 0.723. The van der Waals surface area contributed by atoms with Crippen LogP contribution in [0, 0.1) is 11.6 Å². The van der Waals surface area contributed by atoms with Crippen LogP contribution in [0.15, 0.2) is 66.7 Å². The highest BCUT2D eigenvalue weighted by Crippen LogP contribution is 2.32. The van der Waals surface area contributed by atoms with Crippen LogP contribution in [-0.2, 0) is 19.6 Å². The standard InChI is InChI=1S/C24H25F2NO2.ClH/c1-2-28-23-13-7-10-19(16-27-15-14-18-8-3-5-11-21(18)25)24(23)29-17-20-9-4-6-12-22(20)26;/h3-13,27H,2,14-17H2,1H3;1H. The molecule has 0 radical (unpaired) electrons. The Bertz CT molecular complexity index is 937. The summed E-state index contributed by atoms with van der Waals surface area (Å²) in [6.45, 7) is 3.66. The van der Waals surface area contributed by atoms with E-state index in [1.807, 2.05) is 31.2 Å². The van der Waals surface area contributed by atoms with Gasteiger partial charge in [0.1, 0.15) is 18.2 Å². The topological polar surface area (TPSA) is 30.5 Å².